The standard InChI is InChI=1S/C21H21N9O/c1-15-3-2-4-16(11-15)13-24-27-18-12-19(29-7-9-31-10-8-29)30-21(25-18)26-20(28-30)17-5-6-22-14-23-17/h2-6,11-14H,7-10H2,1H3,(H,25,26,27,28)/b24-13+. The van der Waals surface area contributed by atoms with Crippen LogP contribution in [0.4, 0.5) is 11.6 Å². The fourth-order valence-electron chi connectivity index (χ4n) is 3.38. The van der Waals surface area contributed by atoms with Crippen LogP contribution in [0.3, 0.4) is 0 Å². The van der Waals surface area contributed by atoms with Crippen molar-refractivity contribution < 1.29 is 4.74 Å². The summed E-state index contributed by atoms with van der Waals surface area (Å²) in [6.45, 7) is 4.88. The molecule has 156 valence electrons. The number of rotatable bonds is 5. The molecule has 0 radical (unpaired) electrons. The van der Waals surface area contributed by atoms with Crippen molar-refractivity contribution in [3.05, 3.63) is 60.0 Å². The highest BCUT2D eigenvalue weighted by atomic mass is 16.5. The molecule has 0 aliphatic carbocycles. The minimum Gasteiger partial charge on any atom is -0.378 e. The molecule has 0 spiro atoms. The predicted molar refractivity (Wildman–Crippen MR) is 117 cm³/mol. The summed E-state index contributed by atoms with van der Waals surface area (Å²) in [5.41, 5.74) is 5.86. The highest BCUT2D eigenvalue weighted by molar-refractivity contribution is 5.80. The van der Waals surface area contributed by atoms with Gasteiger partial charge in [0.15, 0.2) is 5.82 Å². The van der Waals surface area contributed by atoms with E-state index in [9.17, 15) is 0 Å². The van der Waals surface area contributed by atoms with Crippen LogP contribution in [0, 0.1) is 6.92 Å². The predicted octanol–water partition coefficient (Wildman–Crippen LogP) is 2.17. The molecule has 1 N–H and O–H groups in total. The zero-order chi connectivity index (χ0) is 21.0. The Morgan fingerprint density at radius 2 is 2.03 bits per heavy atom. The molecule has 4 aromatic rings. The fourth-order valence-corrected chi connectivity index (χ4v) is 3.38. The summed E-state index contributed by atoms with van der Waals surface area (Å²) in [6, 6.07) is 11.8. The minimum atomic E-state index is 0.464. The highest BCUT2D eigenvalue weighted by Crippen LogP contribution is 2.22. The third-order valence-electron chi connectivity index (χ3n) is 4.87. The van der Waals surface area contributed by atoms with Crippen molar-refractivity contribution in [1.82, 2.24) is 29.5 Å². The van der Waals surface area contributed by atoms with Crippen LogP contribution in [-0.2, 0) is 4.74 Å². The lowest BCUT2D eigenvalue weighted by Gasteiger charge is -2.28. The molecule has 5 rings (SSSR count). The first-order valence-corrected chi connectivity index (χ1v) is 9.99. The van der Waals surface area contributed by atoms with E-state index >= 15 is 0 Å². The summed E-state index contributed by atoms with van der Waals surface area (Å²) in [5.74, 6) is 2.41. The largest absolute Gasteiger partial charge is 0.378 e. The van der Waals surface area contributed by atoms with E-state index in [-0.39, 0.29) is 0 Å². The van der Waals surface area contributed by atoms with E-state index in [0.29, 0.717) is 36.3 Å². The molecule has 1 aliphatic heterocycles. The number of morpholine rings is 1. The van der Waals surface area contributed by atoms with Gasteiger partial charge in [-0.1, -0.05) is 29.8 Å². The van der Waals surface area contributed by atoms with Gasteiger partial charge in [-0.15, -0.1) is 5.10 Å². The fraction of sp³-hybridized carbons (Fsp3) is 0.238. The zero-order valence-electron chi connectivity index (χ0n) is 17.0. The van der Waals surface area contributed by atoms with Crippen molar-refractivity contribution >= 4 is 23.6 Å². The van der Waals surface area contributed by atoms with Gasteiger partial charge in [0, 0.05) is 25.4 Å². The van der Waals surface area contributed by atoms with Gasteiger partial charge in [-0.3, -0.25) is 5.43 Å². The van der Waals surface area contributed by atoms with Crippen LogP contribution in [-0.4, -0.2) is 62.1 Å². The quantitative estimate of drug-likeness (QED) is 0.391. The third-order valence-corrected chi connectivity index (χ3v) is 4.87. The Kier molecular flexibility index (Phi) is 5.19. The van der Waals surface area contributed by atoms with E-state index in [1.54, 1.807) is 23.0 Å². The number of nitrogens with one attached hydrogen (secondary N) is 1. The van der Waals surface area contributed by atoms with Crippen LogP contribution >= 0.6 is 0 Å². The van der Waals surface area contributed by atoms with Gasteiger partial charge in [0.05, 0.1) is 19.4 Å². The van der Waals surface area contributed by atoms with Crippen molar-refractivity contribution in [3.8, 4) is 11.5 Å². The molecule has 0 saturated carbocycles. The van der Waals surface area contributed by atoms with Crippen LogP contribution in [0.25, 0.3) is 17.3 Å². The molecule has 1 aromatic carbocycles. The van der Waals surface area contributed by atoms with E-state index in [1.165, 1.54) is 11.9 Å². The first kappa shape index (κ1) is 19.1. The zero-order valence-corrected chi connectivity index (χ0v) is 17.0. The van der Waals surface area contributed by atoms with Gasteiger partial charge in [0.1, 0.15) is 17.8 Å². The molecular weight excluding hydrogens is 394 g/mol. The van der Waals surface area contributed by atoms with E-state index in [4.69, 9.17) is 4.74 Å². The Morgan fingerprint density at radius 1 is 1.13 bits per heavy atom. The summed E-state index contributed by atoms with van der Waals surface area (Å²) in [4.78, 5) is 19.6. The summed E-state index contributed by atoms with van der Waals surface area (Å²) in [5, 5.41) is 8.99. The minimum absolute atomic E-state index is 0.464. The molecule has 31 heavy (non-hydrogen) atoms. The maximum atomic E-state index is 5.50. The van der Waals surface area contributed by atoms with Crippen molar-refractivity contribution in [1.29, 1.82) is 0 Å². The summed E-state index contributed by atoms with van der Waals surface area (Å²) < 4.78 is 7.24. The lowest BCUT2D eigenvalue weighted by Crippen LogP contribution is -2.37. The smallest absolute Gasteiger partial charge is 0.256 e. The average Bonchev–Trinajstić information content (AvgIpc) is 3.24. The van der Waals surface area contributed by atoms with Crippen LogP contribution in [0.1, 0.15) is 11.1 Å². The van der Waals surface area contributed by atoms with Gasteiger partial charge in [-0.25, -0.2) is 9.97 Å². The number of hydrazone groups is 1. The number of nitrogens with zero attached hydrogens (tertiary/aromatic N) is 8. The monoisotopic (exact) mass is 415 g/mol. The number of anilines is 2. The topological polar surface area (TPSA) is 106 Å². The second-order valence-corrected chi connectivity index (χ2v) is 7.12. The molecule has 3 aromatic heterocycles. The number of hydrogen-bond acceptors (Lipinski definition) is 9. The summed E-state index contributed by atoms with van der Waals surface area (Å²) in [7, 11) is 0. The molecule has 10 heteroatoms. The van der Waals surface area contributed by atoms with Gasteiger partial charge >= 0.3 is 0 Å². The second-order valence-electron chi connectivity index (χ2n) is 7.12. The first-order chi connectivity index (χ1) is 15.3. The normalized spacial score (nSPS) is 14.4. The van der Waals surface area contributed by atoms with Gasteiger partial charge in [-0.2, -0.15) is 19.6 Å². The lowest BCUT2D eigenvalue weighted by atomic mass is 10.2. The first-order valence-electron chi connectivity index (χ1n) is 9.99. The van der Waals surface area contributed by atoms with E-state index in [2.05, 4.69) is 59.5 Å². The number of aryl methyl sites for hydroxylation is 1. The van der Waals surface area contributed by atoms with Crippen LogP contribution < -0.4 is 10.3 Å². The maximum Gasteiger partial charge on any atom is 0.256 e. The lowest BCUT2D eigenvalue weighted by molar-refractivity contribution is 0.122. The van der Waals surface area contributed by atoms with Gasteiger partial charge < -0.3 is 9.64 Å². The third kappa shape index (κ3) is 4.19. The summed E-state index contributed by atoms with van der Waals surface area (Å²) in [6.07, 6.45) is 4.91. The molecule has 0 atom stereocenters. The van der Waals surface area contributed by atoms with Crippen molar-refractivity contribution in [2.24, 2.45) is 5.10 Å². The number of hydrogen-bond donors (Lipinski definition) is 1. The molecular formula is C21H21N9O. The van der Waals surface area contributed by atoms with E-state index in [0.717, 1.165) is 24.5 Å². The summed E-state index contributed by atoms with van der Waals surface area (Å²) >= 11 is 0. The molecule has 0 amide bonds. The van der Waals surface area contributed by atoms with Crippen molar-refractivity contribution in [2.75, 3.05) is 36.6 Å². The maximum absolute atomic E-state index is 5.50. The van der Waals surface area contributed by atoms with Crippen molar-refractivity contribution in [2.45, 2.75) is 6.92 Å². The van der Waals surface area contributed by atoms with Crippen LogP contribution in [0.2, 0.25) is 0 Å². The molecule has 4 heterocycles. The number of aromatic nitrogens is 6. The van der Waals surface area contributed by atoms with Gasteiger partial charge in [0.25, 0.3) is 5.78 Å². The van der Waals surface area contributed by atoms with Crippen molar-refractivity contribution in [3.63, 3.8) is 0 Å². The SMILES string of the molecule is Cc1cccc(/C=N/Nc2cc(N3CCOCC3)n3nc(-c4ccncn4)nc3n2)c1. The Labute approximate surface area is 178 Å². The number of benzene rings is 1. The Hall–Kier alpha value is -3.92. The molecule has 0 unspecified atom stereocenters. The van der Waals surface area contributed by atoms with Crippen LogP contribution in [0.5, 0.6) is 0 Å². The molecule has 1 fully saturated rings. The Morgan fingerprint density at radius 3 is 2.84 bits per heavy atom. The van der Waals surface area contributed by atoms with Gasteiger partial charge in [-0.05, 0) is 18.6 Å². The van der Waals surface area contributed by atoms with E-state index in [1.807, 2.05) is 18.2 Å². The molecule has 0 bridgehead atoms. The highest BCUT2D eigenvalue weighted by Gasteiger charge is 2.19. The van der Waals surface area contributed by atoms with E-state index < -0.39 is 0 Å². The Bertz CT molecular complexity index is 1220. The average molecular weight is 415 g/mol. The Balaban J connectivity index is 1.50. The van der Waals surface area contributed by atoms with Gasteiger partial charge in [0.2, 0.25) is 5.82 Å². The molecule has 1 saturated heterocycles. The molecule has 10 nitrogen and oxygen atoms in total. The number of ether oxygens (including phenoxy) is 1. The number of fused-ring (bicyclic) bond motifs is 1. The second kappa shape index (κ2) is 8.44. The molecule has 1 aliphatic rings. The van der Waals surface area contributed by atoms with Crippen LogP contribution in [0.15, 0.2) is 54.0 Å².